The van der Waals surface area contributed by atoms with Gasteiger partial charge in [-0.25, -0.2) is 4.98 Å². The van der Waals surface area contributed by atoms with Gasteiger partial charge in [0.05, 0.1) is 12.3 Å². The maximum Gasteiger partial charge on any atom is 0.257 e. The van der Waals surface area contributed by atoms with Crippen LogP contribution in [0, 0.1) is 0 Å². The number of aromatic nitrogens is 2. The summed E-state index contributed by atoms with van der Waals surface area (Å²) in [7, 11) is 3.37. The Bertz CT molecular complexity index is 868. The smallest absolute Gasteiger partial charge is 0.257 e. The van der Waals surface area contributed by atoms with Crippen molar-refractivity contribution in [2.45, 2.75) is 63.6 Å². The zero-order chi connectivity index (χ0) is 22.5. The standard InChI is InChI=1S/C24H35N3O3S/c1-4-5-6-10-15-25-22(28)14-11-16-31-24-26-21(18-30-3)20(23(29)27(24)2)17-19-12-8-7-9-13-19/h7-9,12-13H,4-6,10-11,14-18H2,1-3H3,(H,25,28). The fourth-order valence-corrected chi connectivity index (χ4v) is 4.22. The van der Waals surface area contributed by atoms with Crippen LogP contribution in [-0.4, -0.2) is 34.9 Å². The van der Waals surface area contributed by atoms with Crippen LogP contribution in [0.3, 0.4) is 0 Å². The zero-order valence-corrected chi connectivity index (χ0v) is 19.8. The Morgan fingerprint density at radius 1 is 1.16 bits per heavy atom. The number of methoxy groups -OCH3 is 1. The highest BCUT2D eigenvalue weighted by atomic mass is 32.2. The lowest BCUT2D eigenvalue weighted by atomic mass is 10.0. The molecule has 6 nitrogen and oxygen atoms in total. The first-order chi connectivity index (χ1) is 15.1. The predicted molar refractivity (Wildman–Crippen MR) is 127 cm³/mol. The minimum absolute atomic E-state index is 0.0433. The van der Waals surface area contributed by atoms with Crippen molar-refractivity contribution in [2.75, 3.05) is 19.4 Å². The molecule has 31 heavy (non-hydrogen) atoms. The molecule has 0 spiro atoms. The highest BCUT2D eigenvalue weighted by molar-refractivity contribution is 7.99. The fourth-order valence-electron chi connectivity index (χ4n) is 3.30. The van der Waals surface area contributed by atoms with E-state index in [-0.39, 0.29) is 11.5 Å². The van der Waals surface area contributed by atoms with Crippen LogP contribution in [-0.2, 0) is 29.6 Å². The Kier molecular flexibility index (Phi) is 11.4. The van der Waals surface area contributed by atoms with E-state index in [9.17, 15) is 9.59 Å². The summed E-state index contributed by atoms with van der Waals surface area (Å²) < 4.78 is 6.91. The summed E-state index contributed by atoms with van der Waals surface area (Å²) in [5.74, 6) is 0.825. The monoisotopic (exact) mass is 445 g/mol. The lowest BCUT2D eigenvalue weighted by Crippen LogP contribution is -2.27. The van der Waals surface area contributed by atoms with Crippen LogP contribution >= 0.6 is 11.8 Å². The molecule has 0 radical (unpaired) electrons. The number of rotatable bonds is 14. The molecule has 0 aliphatic heterocycles. The first kappa shape index (κ1) is 25.1. The van der Waals surface area contributed by atoms with Gasteiger partial charge in [0.25, 0.3) is 5.56 Å². The summed E-state index contributed by atoms with van der Waals surface area (Å²) in [4.78, 5) is 29.7. The molecular weight excluding hydrogens is 410 g/mol. The number of thioether (sulfide) groups is 1. The van der Waals surface area contributed by atoms with E-state index in [1.165, 1.54) is 24.6 Å². The van der Waals surface area contributed by atoms with Gasteiger partial charge < -0.3 is 10.1 Å². The Morgan fingerprint density at radius 2 is 1.94 bits per heavy atom. The molecule has 7 heteroatoms. The molecule has 0 fully saturated rings. The van der Waals surface area contributed by atoms with Gasteiger partial charge in [0.15, 0.2) is 5.16 Å². The van der Waals surface area contributed by atoms with Gasteiger partial charge >= 0.3 is 0 Å². The molecule has 170 valence electrons. The molecule has 0 aliphatic carbocycles. The van der Waals surface area contributed by atoms with Gasteiger partial charge in [-0.2, -0.15) is 0 Å². The van der Waals surface area contributed by atoms with Crippen molar-refractivity contribution in [1.82, 2.24) is 14.9 Å². The Labute approximate surface area is 189 Å². The molecule has 0 saturated heterocycles. The number of nitrogens with zero attached hydrogens (tertiary/aromatic N) is 2. The van der Waals surface area contributed by atoms with E-state index in [0.717, 1.165) is 37.1 Å². The summed E-state index contributed by atoms with van der Waals surface area (Å²) in [6.07, 6.45) is 6.38. The van der Waals surface area contributed by atoms with Crippen LogP contribution < -0.4 is 10.9 Å². The molecule has 2 aromatic rings. The minimum atomic E-state index is -0.0433. The molecule has 1 aromatic carbocycles. The van der Waals surface area contributed by atoms with Crippen molar-refractivity contribution in [3.63, 3.8) is 0 Å². The van der Waals surface area contributed by atoms with Crippen LogP contribution in [0.5, 0.6) is 0 Å². The van der Waals surface area contributed by atoms with Crippen molar-refractivity contribution in [3.8, 4) is 0 Å². The van der Waals surface area contributed by atoms with Crippen LogP contribution in [0.1, 0.15) is 62.3 Å². The van der Waals surface area contributed by atoms with Gasteiger partial charge in [0.2, 0.25) is 5.91 Å². The second-order valence-corrected chi connectivity index (χ2v) is 8.70. The normalized spacial score (nSPS) is 10.9. The number of hydrogen-bond acceptors (Lipinski definition) is 5. The molecule has 0 unspecified atom stereocenters. The second kappa shape index (κ2) is 14.0. The molecule has 1 N–H and O–H groups in total. The number of unbranched alkanes of at least 4 members (excludes halogenated alkanes) is 3. The summed E-state index contributed by atoms with van der Waals surface area (Å²) in [5, 5.41) is 3.64. The van der Waals surface area contributed by atoms with Gasteiger partial charge in [-0.1, -0.05) is 68.3 Å². The molecule has 1 aromatic heterocycles. The summed E-state index contributed by atoms with van der Waals surface area (Å²) in [6.45, 7) is 3.23. The average molecular weight is 446 g/mol. The van der Waals surface area contributed by atoms with Gasteiger partial charge in [-0.05, 0) is 18.4 Å². The Hall–Kier alpha value is -2.12. The van der Waals surface area contributed by atoms with E-state index in [1.54, 1.807) is 18.7 Å². The fraction of sp³-hybridized carbons (Fsp3) is 0.542. The van der Waals surface area contributed by atoms with Crippen molar-refractivity contribution >= 4 is 17.7 Å². The van der Waals surface area contributed by atoms with Crippen LogP contribution in [0.25, 0.3) is 0 Å². The van der Waals surface area contributed by atoms with Gasteiger partial charge in [0, 0.05) is 44.9 Å². The van der Waals surface area contributed by atoms with Gasteiger partial charge in [-0.15, -0.1) is 0 Å². The highest BCUT2D eigenvalue weighted by Gasteiger charge is 2.15. The van der Waals surface area contributed by atoms with Gasteiger partial charge in [-0.3, -0.25) is 14.2 Å². The first-order valence-corrected chi connectivity index (χ1v) is 12.1. The van der Waals surface area contributed by atoms with Crippen LogP contribution in [0.15, 0.2) is 40.3 Å². The molecule has 1 amide bonds. The van der Waals surface area contributed by atoms with E-state index in [1.807, 2.05) is 30.3 Å². The van der Waals surface area contributed by atoms with E-state index in [0.29, 0.717) is 35.9 Å². The third-order valence-corrected chi connectivity index (χ3v) is 6.18. The highest BCUT2D eigenvalue weighted by Crippen LogP contribution is 2.19. The second-order valence-electron chi connectivity index (χ2n) is 7.64. The Balaban J connectivity index is 1.93. The number of ether oxygens (including phenoxy) is 1. The minimum Gasteiger partial charge on any atom is -0.378 e. The SMILES string of the molecule is CCCCCCNC(=O)CCCSc1nc(COC)c(Cc2ccccc2)c(=O)n1C. The van der Waals surface area contributed by atoms with E-state index >= 15 is 0 Å². The maximum atomic E-state index is 13.0. The molecule has 0 atom stereocenters. The molecule has 1 heterocycles. The topological polar surface area (TPSA) is 73.2 Å². The van der Waals surface area contributed by atoms with Crippen molar-refractivity contribution < 1.29 is 9.53 Å². The summed E-state index contributed by atoms with van der Waals surface area (Å²) in [5.41, 5.74) is 2.38. The summed E-state index contributed by atoms with van der Waals surface area (Å²) in [6, 6.07) is 9.91. The number of hydrogen-bond donors (Lipinski definition) is 1. The van der Waals surface area contributed by atoms with Crippen molar-refractivity contribution in [3.05, 3.63) is 57.5 Å². The molecule has 0 saturated carbocycles. The van der Waals surface area contributed by atoms with E-state index in [4.69, 9.17) is 9.72 Å². The lowest BCUT2D eigenvalue weighted by Gasteiger charge is -2.14. The third-order valence-electron chi connectivity index (χ3n) is 5.07. The molecule has 2 rings (SSSR count). The zero-order valence-electron chi connectivity index (χ0n) is 19.0. The van der Waals surface area contributed by atoms with Crippen molar-refractivity contribution in [1.29, 1.82) is 0 Å². The lowest BCUT2D eigenvalue weighted by molar-refractivity contribution is -0.121. The number of carbonyl (C=O) groups is 1. The van der Waals surface area contributed by atoms with Gasteiger partial charge in [0.1, 0.15) is 0 Å². The number of benzene rings is 1. The van der Waals surface area contributed by atoms with Crippen LogP contribution in [0.2, 0.25) is 0 Å². The molecule has 0 bridgehead atoms. The number of nitrogens with one attached hydrogen (secondary N) is 1. The quantitative estimate of drug-likeness (QED) is 0.269. The maximum absolute atomic E-state index is 13.0. The predicted octanol–water partition coefficient (Wildman–Crippen LogP) is 4.09. The van der Waals surface area contributed by atoms with Crippen LogP contribution in [0.4, 0.5) is 0 Å². The molecule has 0 aliphatic rings. The summed E-state index contributed by atoms with van der Waals surface area (Å²) >= 11 is 1.51. The first-order valence-electron chi connectivity index (χ1n) is 11.1. The molecular formula is C24H35N3O3S. The third kappa shape index (κ3) is 8.50. The largest absolute Gasteiger partial charge is 0.378 e. The number of carbonyl (C=O) groups excluding carboxylic acids is 1. The Morgan fingerprint density at radius 3 is 2.65 bits per heavy atom. The van der Waals surface area contributed by atoms with E-state index < -0.39 is 0 Å². The van der Waals surface area contributed by atoms with Crippen molar-refractivity contribution in [2.24, 2.45) is 7.05 Å². The average Bonchev–Trinajstić information content (AvgIpc) is 2.77. The number of amides is 1. The van der Waals surface area contributed by atoms with E-state index in [2.05, 4.69) is 12.2 Å².